The summed E-state index contributed by atoms with van der Waals surface area (Å²) in [6.07, 6.45) is 3.02. The summed E-state index contributed by atoms with van der Waals surface area (Å²) in [6.45, 7) is 2.36. The molecule has 5 nitrogen and oxygen atoms in total. The number of nitrogens with zero attached hydrogens (tertiary/aromatic N) is 2. The van der Waals surface area contributed by atoms with Crippen LogP contribution in [0.5, 0.6) is 6.01 Å². The second-order valence-electron chi connectivity index (χ2n) is 3.27. The van der Waals surface area contributed by atoms with Gasteiger partial charge in [-0.1, -0.05) is 0 Å². The van der Waals surface area contributed by atoms with Crippen LogP contribution in [0.2, 0.25) is 0 Å². The maximum Gasteiger partial charge on any atom is 0.316 e. The normalized spacial score (nSPS) is 10.1. The maximum atomic E-state index is 11.8. The maximum absolute atomic E-state index is 11.8. The Labute approximate surface area is 116 Å². The standard InChI is InChI=1S/C11H10BrN3O2S/c1-2-17-11-13-4-8(5-14-11)15-10(16)9-3-7(12)6-18-9/h3-6H,2H2,1H3,(H,15,16). The van der Waals surface area contributed by atoms with Crippen LogP contribution in [0, 0.1) is 0 Å². The van der Waals surface area contributed by atoms with Crippen LogP contribution in [0.3, 0.4) is 0 Å². The molecule has 1 N–H and O–H groups in total. The van der Waals surface area contributed by atoms with Gasteiger partial charge in [-0.25, -0.2) is 9.97 Å². The van der Waals surface area contributed by atoms with E-state index in [1.54, 1.807) is 6.07 Å². The van der Waals surface area contributed by atoms with Gasteiger partial charge in [0.1, 0.15) is 0 Å². The zero-order valence-electron chi connectivity index (χ0n) is 9.51. The monoisotopic (exact) mass is 327 g/mol. The predicted molar refractivity (Wildman–Crippen MR) is 73.2 cm³/mol. The molecule has 2 aromatic heterocycles. The van der Waals surface area contributed by atoms with Gasteiger partial charge in [0.15, 0.2) is 0 Å². The molecule has 94 valence electrons. The minimum absolute atomic E-state index is 0.182. The third-order valence-corrected chi connectivity index (χ3v) is 3.64. The molecule has 1 amide bonds. The van der Waals surface area contributed by atoms with E-state index in [0.29, 0.717) is 23.2 Å². The molecule has 2 aromatic rings. The summed E-state index contributed by atoms with van der Waals surface area (Å²) < 4.78 is 6.00. The topological polar surface area (TPSA) is 64.1 Å². The highest BCUT2D eigenvalue weighted by Crippen LogP contribution is 2.20. The Hall–Kier alpha value is -1.47. The Morgan fingerprint density at radius 1 is 1.50 bits per heavy atom. The SMILES string of the molecule is CCOc1ncc(NC(=O)c2cc(Br)cs2)cn1. The van der Waals surface area contributed by atoms with Gasteiger partial charge in [-0.15, -0.1) is 11.3 Å². The first-order chi connectivity index (χ1) is 8.69. The molecule has 0 atom stereocenters. The number of carbonyl (C=O) groups is 1. The van der Waals surface area contributed by atoms with Crippen LogP contribution in [0.25, 0.3) is 0 Å². The van der Waals surface area contributed by atoms with Gasteiger partial charge < -0.3 is 10.1 Å². The Kier molecular flexibility index (Phi) is 4.27. The van der Waals surface area contributed by atoms with Crippen molar-refractivity contribution < 1.29 is 9.53 Å². The highest BCUT2D eigenvalue weighted by Gasteiger charge is 2.09. The lowest BCUT2D eigenvalue weighted by Gasteiger charge is -2.04. The third-order valence-electron chi connectivity index (χ3n) is 1.95. The molecule has 0 saturated heterocycles. The van der Waals surface area contributed by atoms with E-state index in [-0.39, 0.29) is 5.91 Å². The number of thiophene rings is 1. The summed E-state index contributed by atoms with van der Waals surface area (Å²) in [5, 5.41) is 4.56. The summed E-state index contributed by atoms with van der Waals surface area (Å²) in [4.78, 5) is 20.4. The first-order valence-corrected chi connectivity index (χ1v) is 6.86. The van der Waals surface area contributed by atoms with E-state index in [1.807, 2.05) is 12.3 Å². The second kappa shape index (κ2) is 5.92. The number of carbonyl (C=O) groups excluding carboxylic acids is 1. The molecule has 0 aliphatic carbocycles. The number of aromatic nitrogens is 2. The minimum atomic E-state index is -0.182. The van der Waals surface area contributed by atoms with Gasteiger partial charge in [-0.2, -0.15) is 0 Å². The van der Waals surface area contributed by atoms with E-state index in [4.69, 9.17) is 4.74 Å². The lowest BCUT2D eigenvalue weighted by atomic mass is 10.4. The number of rotatable bonds is 4. The first-order valence-electron chi connectivity index (χ1n) is 5.19. The van der Waals surface area contributed by atoms with Gasteiger partial charge in [-0.05, 0) is 28.9 Å². The predicted octanol–water partition coefficient (Wildman–Crippen LogP) is 2.95. The minimum Gasteiger partial charge on any atom is -0.464 e. The van der Waals surface area contributed by atoms with E-state index in [2.05, 4.69) is 31.2 Å². The van der Waals surface area contributed by atoms with Crippen LogP contribution in [-0.4, -0.2) is 22.5 Å². The Morgan fingerprint density at radius 2 is 2.22 bits per heavy atom. The lowest BCUT2D eigenvalue weighted by Crippen LogP contribution is -2.10. The van der Waals surface area contributed by atoms with Crippen molar-refractivity contribution in [3.8, 4) is 6.01 Å². The van der Waals surface area contributed by atoms with Crippen LogP contribution in [0.4, 0.5) is 5.69 Å². The molecule has 0 fully saturated rings. The molecule has 0 aromatic carbocycles. The summed E-state index contributed by atoms with van der Waals surface area (Å²) in [5.41, 5.74) is 0.535. The van der Waals surface area contributed by atoms with Crippen molar-refractivity contribution >= 4 is 38.9 Å². The quantitative estimate of drug-likeness (QED) is 0.937. The average Bonchev–Trinajstić information content (AvgIpc) is 2.79. The summed E-state index contributed by atoms with van der Waals surface area (Å²) in [5.74, 6) is -0.182. The fraction of sp³-hybridized carbons (Fsp3) is 0.182. The molecule has 0 spiro atoms. The van der Waals surface area contributed by atoms with E-state index in [0.717, 1.165) is 4.47 Å². The van der Waals surface area contributed by atoms with Crippen molar-refractivity contribution in [2.24, 2.45) is 0 Å². The molecular weight excluding hydrogens is 318 g/mol. The molecule has 18 heavy (non-hydrogen) atoms. The molecule has 0 unspecified atom stereocenters. The lowest BCUT2D eigenvalue weighted by molar-refractivity contribution is 0.103. The van der Waals surface area contributed by atoms with Crippen molar-refractivity contribution in [3.05, 3.63) is 33.2 Å². The third kappa shape index (κ3) is 3.27. The molecule has 0 bridgehead atoms. The van der Waals surface area contributed by atoms with E-state index in [9.17, 15) is 4.79 Å². The second-order valence-corrected chi connectivity index (χ2v) is 5.10. The number of hydrogen-bond donors (Lipinski definition) is 1. The largest absolute Gasteiger partial charge is 0.464 e. The average molecular weight is 328 g/mol. The van der Waals surface area contributed by atoms with Crippen molar-refractivity contribution in [2.75, 3.05) is 11.9 Å². The van der Waals surface area contributed by atoms with Crippen molar-refractivity contribution in [1.82, 2.24) is 9.97 Å². The molecule has 2 heterocycles. The number of nitrogens with one attached hydrogen (secondary N) is 1. The molecule has 0 aliphatic rings. The van der Waals surface area contributed by atoms with E-state index >= 15 is 0 Å². The molecular formula is C11H10BrN3O2S. The van der Waals surface area contributed by atoms with Crippen LogP contribution >= 0.6 is 27.3 Å². The number of halogens is 1. The van der Waals surface area contributed by atoms with Crippen LogP contribution in [0.15, 0.2) is 28.3 Å². The first kappa shape index (κ1) is 13.0. The van der Waals surface area contributed by atoms with Gasteiger partial charge in [0.05, 0.1) is 29.6 Å². The Balaban J connectivity index is 2.03. The highest BCUT2D eigenvalue weighted by molar-refractivity contribution is 9.10. The van der Waals surface area contributed by atoms with Gasteiger partial charge >= 0.3 is 6.01 Å². The molecule has 2 rings (SSSR count). The number of anilines is 1. The fourth-order valence-electron chi connectivity index (χ4n) is 1.21. The van der Waals surface area contributed by atoms with Crippen LogP contribution in [-0.2, 0) is 0 Å². The summed E-state index contributed by atoms with van der Waals surface area (Å²) >= 11 is 4.67. The molecule has 0 radical (unpaired) electrons. The number of amides is 1. The highest BCUT2D eigenvalue weighted by atomic mass is 79.9. The molecule has 7 heteroatoms. The van der Waals surface area contributed by atoms with E-state index < -0.39 is 0 Å². The van der Waals surface area contributed by atoms with E-state index in [1.165, 1.54) is 23.7 Å². The van der Waals surface area contributed by atoms with Gasteiger partial charge in [-0.3, -0.25) is 4.79 Å². The zero-order valence-corrected chi connectivity index (χ0v) is 11.9. The zero-order chi connectivity index (χ0) is 13.0. The number of ether oxygens (including phenoxy) is 1. The van der Waals surface area contributed by atoms with Gasteiger partial charge in [0.25, 0.3) is 5.91 Å². The van der Waals surface area contributed by atoms with Crippen LogP contribution in [0.1, 0.15) is 16.6 Å². The van der Waals surface area contributed by atoms with Crippen molar-refractivity contribution in [1.29, 1.82) is 0 Å². The van der Waals surface area contributed by atoms with Crippen LogP contribution < -0.4 is 10.1 Å². The van der Waals surface area contributed by atoms with Gasteiger partial charge in [0, 0.05) is 9.85 Å². The molecule has 0 saturated carbocycles. The van der Waals surface area contributed by atoms with Crippen molar-refractivity contribution in [3.63, 3.8) is 0 Å². The summed E-state index contributed by atoms with van der Waals surface area (Å²) in [6, 6.07) is 2.06. The number of hydrogen-bond acceptors (Lipinski definition) is 5. The van der Waals surface area contributed by atoms with Crippen molar-refractivity contribution in [2.45, 2.75) is 6.92 Å². The molecule has 0 aliphatic heterocycles. The summed E-state index contributed by atoms with van der Waals surface area (Å²) in [7, 11) is 0. The van der Waals surface area contributed by atoms with Gasteiger partial charge in [0.2, 0.25) is 0 Å². The smallest absolute Gasteiger partial charge is 0.316 e. The Bertz CT molecular complexity index is 541. The fourth-order valence-corrected chi connectivity index (χ4v) is 2.53. The Morgan fingerprint density at radius 3 is 2.78 bits per heavy atom.